The van der Waals surface area contributed by atoms with Gasteiger partial charge in [-0.25, -0.2) is 0 Å². The molecule has 0 aromatic carbocycles. The zero-order chi connectivity index (χ0) is 13.7. The highest BCUT2D eigenvalue weighted by atomic mass is 16.2. The SMILES string of the molecule is CN(C)C(=O)CNC(=O)Cn1cc(N)ccc1=O. The van der Waals surface area contributed by atoms with Gasteiger partial charge in [0, 0.05) is 32.0 Å². The van der Waals surface area contributed by atoms with E-state index in [0.29, 0.717) is 5.69 Å². The van der Waals surface area contributed by atoms with Crippen LogP contribution in [0.2, 0.25) is 0 Å². The van der Waals surface area contributed by atoms with Gasteiger partial charge in [-0.15, -0.1) is 0 Å². The molecular weight excluding hydrogens is 236 g/mol. The minimum atomic E-state index is -0.419. The van der Waals surface area contributed by atoms with E-state index in [9.17, 15) is 14.4 Å². The van der Waals surface area contributed by atoms with E-state index in [1.165, 1.54) is 27.8 Å². The summed E-state index contributed by atoms with van der Waals surface area (Å²) in [6, 6.07) is 2.75. The second-order valence-electron chi connectivity index (χ2n) is 3.99. The van der Waals surface area contributed by atoms with Gasteiger partial charge in [0.1, 0.15) is 6.54 Å². The van der Waals surface area contributed by atoms with Gasteiger partial charge in [0.2, 0.25) is 11.8 Å². The molecule has 0 spiro atoms. The van der Waals surface area contributed by atoms with Crippen molar-refractivity contribution in [3.8, 4) is 0 Å². The largest absolute Gasteiger partial charge is 0.398 e. The highest BCUT2D eigenvalue weighted by molar-refractivity contribution is 5.84. The van der Waals surface area contributed by atoms with E-state index in [2.05, 4.69) is 5.32 Å². The number of amides is 2. The van der Waals surface area contributed by atoms with Crippen LogP contribution in [0.5, 0.6) is 0 Å². The molecule has 1 aromatic rings. The van der Waals surface area contributed by atoms with Crippen LogP contribution in [0, 0.1) is 0 Å². The maximum Gasteiger partial charge on any atom is 0.251 e. The normalized spacial score (nSPS) is 9.89. The Kier molecular flexibility index (Phi) is 4.47. The number of aromatic nitrogens is 1. The molecule has 1 aromatic heterocycles. The molecule has 0 aliphatic carbocycles. The Hall–Kier alpha value is -2.31. The van der Waals surface area contributed by atoms with E-state index in [1.54, 1.807) is 14.1 Å². The molecule has 0 unspecified atom stereocenters. The van der Waals surface area contributed by atoms with Crippen LogP contribution >= 0.6 is 0 Å². The van der Waals surface area contributed by atoms with Crippen molar-refractivity contribution in [2.24, 2.45) is 0 Å². The van der Waals surface area contributed by atoms with Crippen LogP contribution in [0.15, 0.2) is 23.1 Å². The van der Waals surface area contributed by atoms with Crippen molar-refractivity contribution in [3.05, 3.63) is 28.7 Å². The quantitative estimate of drug-likeness (QED) is 0.691. The first-order valence-corrected chi connectivity index (χ1v) is 5.33. The fourth-order valence-corrected chi connectivity index (χ4v) is 1.22. The Labute approximate surface area is 104 Å². The summed E-state index contributed by atoms with van der Waals surface area (Å²) in [5.41, 5.74) is 5.59. The zero-order valence-electron chi connectivity index (χ0n) is 10.3. The number of nitrogens with one attached hydrogen (secondary N) is 1. The number of nitrogens with zero attached hydrogens (tertiary/aromatic N) is 2. The maximum absolute atomic E-state index is 11.5. The lowest BCUT2D eigenvalue weighted by Crippen LogP contribution is -2.39. The second-order valence-corrected chi connectivity index (χ2v) is 3.99. The van der Waals surface area contributed by atoms with Crippen molar-refractivity contribution in [2.45, 2.75) is 6.54 Å². The fraction of sp³-hybridized carbons (Fsp3) is 0.364. The molecule has 98 valence electrons. The van der Waals surface area contributed by atoms with Crippen LogP contribution in [-0.2, 0) is 16.1 Å². The zero-order valence-corrected chi connectivity index (χ0v) is 10.3. The molecule has 7 heteroatoms. The molecule has 0 saturated heterocycles. The van der Waals surface area contributed by atoms with Gasteiger partial charge in [-0.2, -0.15) is 0 Å². The van der Waals surface area contributed by atoms with Crippen molar-refractivity contribution in [3.63, 3.8) is 0 Å². The first kappa shape index (κ1) is 13.8. The molecule has 0 radical (unpaired) electrons. The maximum atomic E-state index is 11.5. The number of hydrogen-bond acceptors (Lipinski definition) is 4. The van der Waals surface area contributed by atoms with Crippen LogP contribution in [0.4, 0.5) is 5.69 Å². The van der Waals surface area contributed by atoms with E-state index in [4.69, 9.17) is 5.73 Å². The highest BCUT2D eigenvalue weighted by Gasteiger charge is 2.08. The topological polar surface area (TPSA) is 97.4 Å². The van der Waals surface area contributed by atoms with Gasteiger partial charge < -0.3 is 20.5 Å². The molecule has 1 rings (SSSR count). The van der Waals surface area contributed by atoms with Gasteiger partial charge in [-0.05, 0) is 6.07 Å². The summed E-state index contributed by atoms with van der Waals surface area (Å²) in [4.78, 5) is 35.5. The van der Waals surface area contributed by atoms with Crippen molar-refractivity contribution >= 4 is 17.5 Å². The van der Waals surface area contributed by atoms with Crippen LogP contribution < -0.4 is 16.6 Å². The Morgan fingerprint density at radius 1 is 1.39 bits per heavy atom. The van der Waals surface area contributed by atoms with Gasteiger partial charge in [0.15, 0.2) is 0 Å². The summed E-state index contributed by atoms with van der Waals surface area (Å²) in [6.07, 6.45) is 1.38. The molecule has 1 heterocycles. The fourth-order valence-electron chi connectivity index (χ4n) is 1.22. The molecule has 0 bridgehead atoms. The molecule has 2 amide bonds. The van der Waals surface area contributed by atoms with Crippen molar-refractivity contribution in [1.82, 2.24) is 14.8 Å². The van der Waals surface area contributed by atoms with E-state index in [1.807, 2.05) is 0 Å². The van der Waals surface area contributed by atoms with E-state index < -0.39 is 5.91 Å². The molecule has 0 atom stereocenters. The average molecular weight is 252 g/mol. The van der Waals surface area contributed by atoms with E-state index >= 15 is 0 Å². The summed E-state index contributed by atoms with van der Waals surface area (Å²) in [5, 5.41) is 2.43. The summed E-state index contributed by atoms with van der Waals surface area (Å²) in [6.45, 7) is -0.256. The second kappa shape index (κ2) is 5.85. The number of nitrogen functional groups attached to an aromatic ring is 1. The summed E-state index contributed by atoms with van der Waals surface area (Å²) >= 11 is 0. The van der Waals surface area contributed by atoms with Crippen molar-refractivity contribution < 1.29 is 9.59 Å². The van der Waals surface area contributed by atoms with Gasteiger partial charge in [-0.3, -0.25) is 14.4 Å². The minimum absolute atomic E-state index is 0.0943. The molecule has 7 nitrogen and oxygen atoms in total. The van der Waals surface area contributed by atoms with Crippen molar-refractivity contribution in [2.75, 3.05) is 26.4 Å². The van der Waals surface area contributed by atoms with Gasteiger partial charge >= 0.3 is 0 Å². The smallest absolute Gasteiger partial charge is 0.251 e. The molecule has 3 N–H and O–H groups in total. The molecule has 0 saturated carbocycles. The first-order valence-electron chi connectivity index (χ1n) is 5.33. The van der Waals surface area contributed by atoms with Crippen LogP contribution in [0.25, 0.3) is 0 Å². The predicted octanol–water partition coefficient (Wildman–Crippen LogP) is -1.37. The van der Waals surface area contributed by atoms with Gasteiger partial charge in [-0.1, -0.05) is 0 Å². The number of carbonyl (C=O) groups excluding carboxylic acids is 2. The standard InChI is InChI=1S/C11H16N4O3/c1-14(2)11(18)5-13-9(16)7-15-6-8(12)3-4-10(15)17/h3-4,6H,5,7,12H2,1-2H3,(H,13,16). The number of pyridine rings is 1. The number of carbonyl (C=O) groups is 2. The summed E-state index contributed by atoms with van der Waals surface area (Å²) in [7, 11) is 3.19. The molecular formula is C11H16N4O3. The summed E-state index contributed by atoms with van der Waals surface area (Å²) in [5.74, 6) is -0.638. The Morgan fingerprint density at radius 2 is 2.06 bits per heavy atom. The molecule has 0 fully saturated rings. The highest BCUT2D eigenvalue weighted by Crippen LogP contribution is 1.95. The third-order valence-electron chi connectivity index (χ3n) is 2.26. The van der Waals surface area contributed by atoms with Gasteiger partial charge in [0.25, 0.3) is 5.56 Å². The number of nitrogens with two attached hydrogens (primary N) is 1. The molecule has 0 aliphatic rings. The molecule has 18 heavy (non-hydrogen) atoms. The van der Waals surface area contributed by atoms with E-state index in [-0.39, 0.29) is 24.6 Å². The third kappa shape index (κ3) is 3.93. The van der Waals surface area contributed by atoms with Crippen molar-refractivity contribution in [1.29, 1.82) is 0 Å². The van der Waals surface area contributed by atoms with E-state index in [0.717, 1.165) is 0 Å². The average Bonchev–Trinajstić information content (AvgIpc) is 2.30. The Balaban J connectivity index is 2.57. The van der Waals surface area contributed by atoms with Crippen LogP contribution in [-0.4, -0.2) is 41.9 Å². The lowest BCUT2D eigenvalue weighted by atomic mass is 10.4. The number of anilines is 1. The predicted molar refractivity (Wildman–Crippen MR) is 66.8 cm³/mol. The monoisotopic (exact) mass is 252 g/mol. The number of rotatable bonds is 4. The Bertz CT molecular complexity index is 507. The minimum Gasteiger partial charge on any atom is -0.398 e. The van der Waals surface area contributed by atoms with Gasteiger partial charge in [0.05, 0.1) is 6.54 Å². The van der Waals surface area contributed by atoms with Crippen LogP contribution in [0.1, 0.15) is 0 Å². The molecule has 0 aliphatic heterocycles. The third-order valence-corrected chi connectivity index (χ3v) is 2.26. The summed E-state index contributed by atoms with van der Waals surface area (Å²) < 4.78 is 1.19. The number of hydrogen-bond donors (Lipinski definition) is 2. The lowest BCUT2D eigenvalue weighted by Gasteiger charge is -2.11. The van der Waals surface area contributed by atoms with Crippen LogP contribution in [0.3, 0.4) is 0 Å². The Morgan fingerprint density at radius 3 is 2.67 bits per heavy atom. The first-order chi connectivity index (χ1) is 8.40. The lowest BCUT2D eigenvalue weighted by molar-refractivity contribution is -0.131. The number of likely N-dealkylation sites (N-methyl/N-ethyl adjacent to an activating group) is 1.